The van der Waals surface area contributed by atoms with Crippen LogP contribution in [0.1, 0.15) is 12.5 Å². The van der Waals surface area contributed by atoms with Crippen LogP contribution >= 0.6 is 11.6 Å². The molecule has 8 heteroatoms. The highest BCUT2D eigenvalue weighted by Crippen LogP contribution is 2.32. The lowest BCUT2D eigenvalue weighted by Gasteiger charge is -2.41. The summed E-state index contributed by atoms with van der Waals surface area (Å²) in [5, 5.41) is 8.45. The molecular formula is C14H18ClN5O2. The molecule has 0 spiro atoms. The van der Waals surface area contributed by atoms with Crippen LogP contribution in [0.2, 0.25) is 5.02 Å². The van der Waals surface area contributed by atoms with E-state index < -0.39 is 5.60 Å². The second-order valence-electron chi connectivity index (χ2n) is 5.68. The first kappa shape index (κ1) is 15.1. The van der Waals surface area contributed by atoms with Gasteiger partial charge >= 0.3 is 0 Å². The van der Waals surface area contributed by atoms with Gasteiger partial charge in [0, 0.05) is 32.4 Å². The van der Waals surface area contributed by atoms with E-state index in [0.717, 1.165) is 5.56 Å². The van der Waals surface area contributed by atoms with Crippen molar-refractivity contribution in [1.29, 1.82) is 0 Å². The molecule has 118 valence electrons. The molecule has 0 aromatic carbocycles. The lowest BCUT2D eigenvalue weighted by Crippen LogP contribution is -2.48. The number of morpholine rings is 1. The van der Waals surface area contributed by atoms with E-state index in [4.69, 9.17) is 16.3 Å². The lowest BCUT2D eigenvalue weighted by molar-refractivity contribution is -0.0466. The Morgan fingerprint density at radius 3 is 2.77 bits per heavy atom. The van der Waals surface area contributed by atoms with Crippen molar-refractivity contribution < 1.29 is 4.74 Å². The monoisotopic (exact) mass is 323 g/mol. The van der Waals surface area contributed by atoms with Gasteiger partial charge in [-0.1, -0.05) is 11.6 Å². The zero-order valence-electron chi connectivity index (χ0n) is 12.8. The number of ether oxygens (including phenoxy) is 1. The van der Waals surface area contributed by atoms with Crippen molar-refractivity contribution in [3.63, 3.8) is 0 Å². The van der Waals surface area contributed by atoms with Crippen molar-refractivity contribution in [3.8, 4) is 0 Å². The standard InChI is InChI=1S/C14H18ClN5O2/c1-14(10-6-16-18(2)8-10)9-20(4-5-22-14)11-7-17-19(3)13(21)12(11)15/h6-8H,4-5,9H2,1-3H3/t14-/m0/s1. The summed E-state index contributed by atoms with van der Waals surface area (Å²) in [5.74, 6) is 0. The topological polar surface area (TPSA) is 65.2 Å². The Balaban J connectivity index is 1.94. The van der Waals surface area contributed by atoms with Crippen LogP contribution in [0.25, 0.3) is 0 Å². The van der Waals surface area contributed by atoms with Gasteiger partial charge in [-0.05, 0) is 6.92 Å². The zero-order valence-corrected chi connectivity index (χ0v) is 13.5. The fourth-order valence-corrected chi connectivity index (χ4v) is 2.96. The molecule has 22 heavy (non-hydrogen) atoms. The first-order valence-electron chi connectivity index (χ1n) is 7.00. The van der Waals surface area contributed by atoms with Crippen LogP contribution in [0.5, 0.6) is 0 Å². The summed E-state index contributed by atoms with van der Waals surface area (Å²) in [7, 11) is 3.45. The van der Waals surface area contributed by atoms with Crippen molar-refractivity contribution in [3.05, 3.63) is 39.5 Å². The molecule has 0 amide bonds. The highest BCUT2D eigenvalue weighted by atomic mass is 35.5. The van der Waals surface area contributed by atoms with Crippen molar-refractivity contribution in [2.45, 2.75) is 12.5 Å². The molecule has 3 rings (SSSR count). The normalized spacial score (nSPS) is 22.1. The average molecular weight is 324 g/mol. The Morgan fingerprint density at radius 1 is 1.32 bits per heavy atom. The minimum Gasteiger partial charge on any atom is -0.367 e. The maximum absolute atomic E-state index is 12.0. The molecule has 0 radical (unpaired) electrons. The highest BCUT2D eigenvalue weighted by molar-refractivity contribution is 6.33. The van der Waals surface area contributed by atoms with Crippen LogP contribution < -0.4 is 10.5 Å². The van der Waals surface area contributed by atoms with Crippen LogP contribution in [-0.4, -0.2) is 39.3 Å². The van der Waals surface area contributed by atoms with E-state index in [1.807, 2.05) is 25.1 Å². The molecule has 0 bridgehead atoms. The summed E-state index contributed by atoms with van der Waals surface area (Å²) in [6.07, 6.45) is 5.36. The van der Waals surface area contributed by atoms with Crippen LogP contribution in [-0.2, 0) is 24.4 Å². The number of rotatable bonds is 2. The van der Waals surface area contributed by atoms with Gasteiger partial charge < -0.3 is 9.64 Å². The Bertz CT molecular complexity index is 756. The molecule has 1 atom stereocenters. The van der Waals surface area contributed by atoms with Crippen molar-refractivity contribution >= 4 is 17.3 Å². The molecule has 1 aliphatic heterocycles. The number of hydrogen-bond acceptors (Lipinski definition) is 5. The van der Waals surface area contributed by atoms with E-state index in [1.54, 1.807) is 24.1 Å². The highest BCUT2D eigenvalue weighted by Gasteiger charge is 2.36. The van der Waals surface area contributed by atoms with Gasteiger partial charge in [0.1, 0.15) is 10.6 Å². The number of nitrogens with zero attached hydrogens (tertiary/aromatic N) is 5. The van der Waals surface area contributed by atoms with Crippen LogP contribution in [0.4, 0.5) is 5.69 Å². The third kappa shape index (κ3) is 2.50. The number of aromatic nitrogens is 4. The first-order valence-corrected chi connectivity index (χ1v) is 7.38. The molecule has 2 aromatic heterocycles. The summed E-state index contributed by atoms with van der Waals surface area (Å²) < 4.78 is 8.94. The average Bonchev–Trinajstić information content (AvgIpc) is 2.92. The molecule has 0 aliphatic carbocycles. The van der Waals surface area contributed by atoms with Gasteiger partial charge in [0.25, 0.3) is 5.56 Å². The van der Waals surface area contributed by atoms with E-state index in [2.05, 4.69) is 10.2 Å². The molecule has 3 heterocycles. The first-order chi connectivity index (χ1) is 10.4. The van der Waals surface area contributed by atoms with Crippen molar-refractivity contribution in [1.82, 2.24) is 19.6 Å². The largest absolute Gasteiger partial charge is 0.367 e. The smallest absolute Gasteiger partial charge is 0.287 e. The molecule has 1 fully saturated rings. The van der Waals surface area contributed by atoms with Crippen molar-refractivity contribution in [2.24, 2.45) is 14.1 Å². The van der Waals surface area contributed by atoms with Gasteiger partial charge in [0.05, 0.1) is 31.2 Å². The number of aryl methyl sites for hydroxylation is 2. The minimum absolute atomic E-state index is 0.188. The second-order valence-corrected chi connectivity index (χ2v) is 6.05. The molecule has 7 nitrogen and oxygen atoms in total. The Labute approximate surface area is 133 Å². The van der Waals surface area contributed by atoms with E-state index in [-0.39, 0.29) is 10.6 Å². The van der Waals surface area contributed by atoms with Gasteiger partial charge in [-0.2, -0.15) is 10.2 Å². The van der Waals surface area contributed by atoms with Gasteiger partial charge in [-0.25, -0.2) is 4.68 Å². The van der Waals surface area contributed by atoms with Crippen LogP contribution in [0.3, 0.4) is 0 Å². The third-order valence-corrected chi connectivity index (χ3v) is 4.35. The summed E-state index contributed by atoms with van der Waals surface area (Å²) in [6, 6.07) is 0. The third-order valence-electron chi connectivity index (χ3n) is 3.99. The summed E-state index contributed by atoms with van der Waals surface area (Å²) >= 11 is 6.20. The van der Waals surface area contributed by atoms with Gasteiger partial charge in [0.15, 0.2) is 0 Å². The molecule has 1 aliphatic rings. The molecule has 0 saturated carbocycles. The minimum atomic E-state index is -0.503. The predicted octanol–water partition coefficient (Wildman–Crippen LogP) is 0.919. The second kappa shape index (κ2) is 5.40. The van der Waals surface area contributed by atoms with Crippen LogP contribution in [0.15, 0.2) is 23.4 Å². The van der Waals surface area contributed by atoms with Crippen molar-refractivity contribution in [2.75, 3.05) is 24.6 Å². The zero-order chi connectivity index (χ0) is 15.9. The number of anilines is 1. The maximum atomic E-state index is 12.0. The Hall–Kier alpha value is -1.86. The fraction of sp³-hybridized carbons (Fsp3) is 0.500. The fourth-order valence-electron chi connectivity index (χ4n) is 2.67. The number of hydrogen-bond donors (Lipinski definition) is 0. The SMILES string of the molecule is Cn1cc([C@]2(C)CN(c3cnn(C)c(=O)c3Cl)CCO2)cn1. The maximum Gasteiger partial charge on any atom is 0.287 e. The molecule has 1 saturated heterocycles. The van der Waals surface area contributed by atoms with Gasteiger partial charge in [-0.3, -0.25) is 9.48 Å². The lowest BCUT2D eigenvalue weighted by atomic mass is 9.97. The molecule has 0 unspecified atom stereocenters. The number of halogens is 1. The summed E-state index contributed by atoms with van der Waals surface area (Å²) in [4.78, 5) is 14.0. The quantitative estimate of drug-likeness (QED) is 0.822. The van der Waals surface area contributed by atoms with E-state index in [1.165, 1.54) is 4.68 Å². The van der Waals surface area contributed by atoms with Gasteiger partial charge in [-0.15, -0.1) is 0 Å². The Kier molecular flexibility index (Phi) is 3.70. The predicted molar refractivity (Wildman–Crippen MR) is 83.2 cm³/mol. The van der Waals surface area contributed by atoms with Gasteiger partial charge in [0.2, 0.25) is 0 Å². The molecule has 2 aromatic rings. The summed E-state index contributed by atoms with van der Waals surface area (Å²) in [5.41, 5.74) is 0.834. The molecule has 0 N–H and O–H groups in total. The van der Waals surface area contributed by atoms with Crippen LogP contribution in [0, 0.1) is 0 Å². The van der Waals surface area contributed by atoms with E-state index in [0.29, 0.717) is 25.4 Å². The molecular weight excluding hydrogens is 306 g/mol. The van der Waals surface area contributed by atoms with E-state index >= 15 is 0 Å². The summed E-state index contributed by atoms with van der Waals surface area (Å²) in [6.45, 7) is 3.78. The Morgan fingerprint density at radius 2 is 2.09 bits per heavy atom. The van der Waals surface area contributed by atoms with E-state index in [9.17, 15) is 4.79 Å².